The number of carbonyl (C=O) groups excluding carboxylic acids is 1. The van der Waals surface area contributed by atoms with Crippen LogP contribution in [0.5, 0.6) is 0 Å². The van der Waals surface area contributed by atoms with Gasteiger partial charge in [-0.3, -0.25) is 4.79 Å². The Morgan fingerprint density at radius 3 is 2.26 bits per heavy atom. The first-order chi connectivity index (χ1) is 14.3. The van der Waals surface area contributed by atoms with Gasteiger partial charge in [-0.15, -0.1) is 0 Å². The van der Waals surface area contributed by atoms with E-state index in [1.54, 1.807) is 30.3 Å². The van der Waals surface area contributed by atoms with Crippen molar-refractivity contribution in [2.45, 2.75) is 51.0 Å². The van der Waals surface area contributed by atoms with E-state index < -0.39 is 15.4 Å². The van der Waals surface area contributed by atoms with Crippen LogP contribution in [0.25, 0.3) is 10.8 Å². The zero-order valence-electron chi connectivity index (χ0n) is 18.5. The quantitative estimate of drug-likeness (QED) is 0.512. The van der Waals surface area contributed by atoms with Crippen molar-refractivity contribution in [1.82, 2.24) is 0 Å². The first-order valence-corrected chi connectivity index (χ1v) is 11.9. The molecule has 0 atom stereocenters. The van der Waals surface area contributed by atoms with Crippen LogP contribution >= 0.6 is 0 Å². The minimum absolute atomic E-state index is 0.121. The monoisotopic (exact) mass is 442 g/mol. The maximum Gasteiger partial charge on any atom is 0.310 e. The molecular formula is C25H27FO4S. The molecule has 31 heavy (non-hydrogen) atoms. The number of carbonyl (C=O) groups is 1. The average molecular weight is 443 g/mol. The second-order valence-electron chi connectivity index (χ2n) is 8.86. The molecule has 0 saturated carbocycles. The Morgan fingerprint density at radius 2 is 1.68 bits per heavy atom. The van der Waals surface area contributed by atoms with Crippen LogP contribution in [0.4, 0.5) is 4.39 Å². The van der Waals surface area contributed by atoms with E-state index in [2.05, 4.69) is 0 Å². The van der Waals surface area contributed by atoms with E-state index >= 15 is 0 Å². The van der Waals surface area contributed by atoms with Gasteiger partial charge in [0.05, 0.1) is 11.3 Å². The van der Waals surface area contributed by atoms with E-state index in [1.165, 1.54) is 18.4 Å². The third kappa shape index (κ3) is 5.70. The smallest absolute Gasteiger partial charge is 0.310 e. The van der Waals surface area contributed by atoms with E-state index in [-0.39, 0.29) is 23.1 Å². The Bertz CT molecular complexity index is 1240. The summed E-state index contributed by atoms with van der Waals surface area (Å²) in [6.45, 7) is 7.40. The van der Waals surface area contributed by atoms with Crippen LogP contribution in [0.1, 0.15) is 43.0 Å². The lowest BCUT2D eigenvalue weighted by atomic mass is 9.89. The number of benzene rings is 3. The normalized spacial score (nSPS) is 12.2. The summed E-state index contributed by atoms with van der Waals surface area (Å²) in [6, 6.07) is 13.2. The number of esters is 1. The molecule has 0 N–H and O–H groups in total. The second kappa shape index (κ2) is 8.42. The van der Waals surface area contributed by atoms with Crippen LogP contribution in [0.15, 0.2) is 53.4 Å². The van der Waals surface area contributed by atoms with E-state index in [0.717, 1.165) is 33.0 Å². The molecule has 0 bridgehead atoms. The van der Waals surface area contributed by atoms with Crippen LogP contribution in [-0.2, 0) is 32.2 Å². The lowest BCUT2D eigenvalue weighted by molar-refractivity contribution is -0.153. The molecule has 0 unspecified atom stereocenters. The fourth-order valence-electron chi connectivity index (χ4n) is 3.61. The summed E-state index contributed by atoms with van der Waals surface area (Å²) in [5, 5.41) is 1.62. The fraction of sp³-hybridized carbons (Fsp3) is 0.320. The van der Waals surface area contributed by atoms with Crippen molar-refractivity contribution in [3.05, 3.63) is 76.6 Å². The molecule has 0 amide bonds. The van der Waals surface area contributed by atoms with Gasteiger partial charge in [0.15, 0.2) is 9.84 Å². The van der Waals surface area contributed by atoms with Crippen molar-refractivity contribution in [2.75, 3.05) is 6.26 Å². The lowest BCUT2D eigenvalue weighted by Gasteiger charge is -2.21. The summed E-state index contributed by atoms with van der Waals surface area (Å²) in [5.41, 5.74) is 2.96. The number of rotatable bonds is 5. The van der Waals surface area contributed by atoms with Gasteiger partial charge in [-0.2, -0.15) is 0 Å². The van der Waals surface area contributed by atoms with E-state index in [1.807, 2.05) is 33.8 Å². The Kier molecular flexibility index (Phi) is 6.23. The van der Waals surface area contributed by atoms with Gasteiger partial charge in [0.2, 0.25) is 0 Å². The third-order valence-electron chi connectivity index (χ3n) is 5.09. The van der Waals surface area contributed by atoms with Crippen LogP contribution in [0.3, 0.4) is 0 Å². The molecule has 0 saturated heterocycles. The first kappa shape index (κ1) is 22.9. The maximum atomic E-state index is 14.0. The highest BCUT2D eigenvalue weighted by molar-refractivity contribution is 7.90. The number of ether oxygens (including phenoxy) is 1. The zero-order valence-corrected chi connectivity index (χ0v) is 19.3. The van der Waals surface area contributed by atoms with Crippen LogP contribution in [0, 0.1) is 12.7 Å². The first-order valence-electron chi connectivity index (χ1n) is 10.0. The molecule has 3 aromatic rings. The summed E-state index contributed by atoms with van der Waals surface area (Å²) in [6.07, 6.45) is 1.77. The van der Waals surface area contributed by atoms with Crippen molar-refractivity contribution in [3.63, 3.8) is 0 Å². The van der Waals surface area contributed by atoms with Gasteiger partial charge in [-0.1, -0.05) is 24.3 Å². The van der Waals surface area contributed by atoms with Gasteiger partial charge in [0, 0.05) is 6.26 Å². The SMILES string of the molecule is Cc1c(CC(=O)OC(C)(C)C)cc2ccc(F)cc2c1Cc1ccc(S(C)(=O)=O)cc1. The highest BCUT2D eigenvalue weighted by atomic mass is 32.2. The number of halogens is 1. The standard InChI is InChI=1S/C25H27FO4S/c1-16-19(14-24(27)30-25(2,3)4)13-18-8-9-20(26)15-23(18)22(16)12-17-6-10-21(11-7-17)31(5,28)29/h6-11,13,15H,12,14H2,1-5H3. The van der Waals surface area contributed by atoms with Crippen molar-refractivity contribution < 1.29 is 22.3 Å². The van der Waals surface area contributed by atoms with Crippen molar-refractivity contribution in [1.29, 1.82) is 0 Å². The molecule has 0 spiro atoms. The Balaban J connectivity index is 2.05. The summed E-state index contributed by atoms with van der Waals surface area (Å²) in [4.78, 5) is 12.7. The van der Waals surface area contributed by atoms with Crippen molar-refractivity contribution >= 4 is 26.6 Å². The Labute approximate surface area is 183 Å². The molecule has 0 aliphatic rings. The fourth-order valence-corrected chi connectivity index (χ4v) is 4.24. The molecule has 0 aromatic heterocycles. The molecule has 0 fully saturated rings. The third-order valence-corrected chi connectivity index (χ3v) is 6.22. The van der Waals surface area contributed by atoms with Crippen molar-refractivity contribution in [2.24, 2.45) is 0 Å². The van der Waals surface area contributed by atoms with Crippen molar-refractivity contribution in [3.8, 4) is 0 Å². The number of hydrogen-bond donors (Lipinski definition) is 0. The van der Waals surface area contributed by atoms with Crippen LogP contribution in [-0.4, -0.2) is 26.2 Å². The summed E-state index contributed by atoms with van der Waals surface area (Å²) >= 11 is 0. The topological polar surface area (TPSA) is 60.4 Å². The van der Waals surface area contributed by atoms with Crippen LogP contribution in [0.2, 0.25) is 0 Å². The number of hydrogen-bond acceptors (Lipinski definition) is 4. The molecule has 6 heteroatoms. The molecular weight excluding hydrogens is 415 g/mol. The Hall–Kier alpha value is -2.73. The summed E-state index contributed by atoms with van der Waals surface area (Å²) in [5.74, 6) is -0.652. The molecule has 164 valence electrons. The zero-order chi connectivity index (χ0) is 23.0. The van der Waals surface area contributed by atoms with Gasteiger partial charge < -0.3 is 4.74 Å². The maximum absolute atomic E-state index is 14.0. The lowest BCUT2D eigenvalue weighted by Crippen LogP contribution is -2.25. The summed E-state index contributed by atoms with van der Waals surface area (Å²) < 4.78 is 43.0. The van der Waals surface area contributed by atoms with Gasteiger partial charge in [-0.25, -0.2) is 12.8 Å². The minimum Gasteiger partial charge on any atom is -0.460 e. The van der Waals surface area contributed by atoms with Crippen LogP contribution < -0.4 is 0 Å². The van der Waals surface area contributed by atoms with Gasteiger partial charge in [0.25, 0.3) is 0 Å². The van der Waals surface area contributed by atoms with Gasteiger partial charge in [0.1, 0.15) is 11.4 Å². The minimum atomic E-state index is -3.28. The molecule has 0 radical (unpaired) electrons. The highest BCUT2D eigenvalue weighted by Gasteiger charge is 2.19. The Morgan fingerprint density at radius 1 is 1.03 bits per heavy atom. The second-order valence-corrected chi connectivity index (χ2v) is 10.9. The van der Waals surface area contributed by atoms with Gasteiger partial charge >= 0.3 is 5.97 Å². The average Bonchev–Trinajstić information content (AvgIpc) is 2.64. The molecule has 0 aliphatic heterocycles. The van der Waals surface area contributed by atoms with E-state index in [0.29, 0.717) is 6.42 Å². The number of sulfone groups is 1. The van der Waals surface area contributed by atoms with Gasteiger partial charge in [-0.05, 0) is 91.4 Å². The molecule has 3 rings (SSSR count). The number of fused-ring (bicyclic) bond motifs is 1. The molecule has 0 aliphatic carbocycles. The highest BCUT2D eigenvalue weighted by Crippen LogP contribution is 2.30. The van der Waals surface area contributed by atoms with E-state index in [4.69, 9.17) is 4.74 Å². The largest absolute Gasteiger partial charge is 0.460 e. The molecule has 0 heterocycles. The summed E-state index contributed by atoms with van der Waals surface area (Å²) in [7, 11) is -3.28. The molecule has 4 nitrogen and oxygen atoms in total. The molecule has 3 aromatic carbocycles. The predicted molar refractivity (Wildman–Crippen MR) is 121 cm³/mol. The van der Waals surface area contributed by atoms with E-state index in [9.17, 15) is 17.6 Å². The predicted octanol–water partition coefficient (Wildman–Crippen LogP) is 5.17.